The Labute approximate surface area is 179 Å². The molecule has 2 unspecified atom stereocenters. The number of hydrogen-bond donors (Lipinski definition) is 2. The monoisotopic (exact) mass is 430 g/mol. The number of ether oxygens (including phenoxy) is 2. The number of nitrogens with one attached hydrogen (secondary N) is 2. The number of rotatable bonds is 5. The van der Waals surface area contributed by atoms with Crippen molar-refractivity contribution in [3.63, 3.8) is 0 Å². The molecular formula is C21H26N4O4S. The molecule has 30 heavy (non-hydrogen) atoms. The lowest BCUT2D eigenvalue weighted by molar-refractivity contribution is -0.115. The van der Waals surface area contributed by atoms with E-state index in [0.717, 1.165) is 43.1 Å². The molecule has 2 aromatic heterocycles. The van der Waals surface area contributed by atoms with Gasteiger partial charge in [-0.05, 0) is 51.7 Å². The van der Waals surface area contributed by atoms with Crippen LogP contribution >= 0.6 is 11.3 Å². The van der Waals surface area contributed by atoms with Crippen LogP contribution in [-0.4, -0.2) is 47.3 Å². The maximum Gasteiger partial charge on any atom is 0.408 e. The SMILES string of the molecule is CC(C)(C)OC(=O)NCC(=O)Nc1nc(-c2cccc(C34CCOCC3C4)n2)cs1. The van der Waals surface area contributed by atoms with Crippen molar-refractivity contribution >= 4 is 28.5 Å². The summed E-state index contributed by atoms with van der Waals surface area (Å²) >= 11 is 1.32. The van der Waals surface area contributed by atoms with Gasteiger partial charge in [-0.15, -0.1) is 11.3 Å². The summed E-state index contributed by atoms with van der Waals surface area (Å²) in [5.74, 6) is 0.196. The van der Waals surface area contributed by atoms with E-state index < -0.39 is 11.7 Å². The predicted molar refractivity (Wildman–Crippen MR) is 113 cm³/mol. The number of thiazole rings is 1. The highest BCUT2D eigenvalue weighted by atomic mass is 32.1. The summed E-state index contributed by atoms with van der Waals surface area (Å²) in [5.41, 5.74) is 2.17. The van der Waals surface area contributed by atoms with E-state index >= 15 is 0 Å². The normalized spacial score (nSPS) is 22.7. The second-order valence-electron chi connectivity index (χ2n) is 8.73. The maximum absolute atomic E-state index is 12.1. The molecule has 0 radical (unpaired) electrons. The molecule has 0 spiro atoms. The average Bonchev–Trinajstić information content (AvgIpc) is 3.28. The van der Waals surface area contributed by atoms with Crippen molar-refractivity contribution in [2.24, 2.45) is 5.92 Å². The summed E-state index contributed by atoms with van der Waals surface area (Å²) < 4.78 is 10.7. The number of aromatic nitrogens is 2. The molecule has 2 fully saturated rings. The molecule has 2 aromatic rings. The number of nitrogens with zero attached hydrogens (tertiary/aromatic N) is 2. The van der Waals surface area contributed by atoms with Crippen molar-refractivity contribution in [1.29, 1.82) is 0 Å². The Morgan fingerprint density at radius 2 is 2.13 bits per heavy atom. The van der Waals surface area contributed by atoms with Gasteiger partial charge in [0.05, 0.1) is 12.3 Å². The highest BCUT2D eigenvalue weighted by molar-refractivity contribution is 7.14. The van der Waals surface area contributed by atoms with Gasteiger partial charge in [-0.25, -0.2) is 9.78 Å². The predicted octanol–water partition coefficient (Wildman–Crippen LogP) is 3.35. The summed E-state index contributed by atoms with van der Waals surface area (Å²) in [6, 6.07) is 6.04. The zero-order chi connectivity index (χ0) is 21.4. The van der Waals surface area contributed by atoms with Crippen molar-refractivity contribution < 1.29 is 19.1 Å². The van der Waals surface area contributed by atoms with E-state index in [9.17, 15) is 9.59 Å². The van der Waals surface area contributed by atoms with E-state index in [-0.39, 0.29) is 17.9 Å². The number of fused-ring (bicyclic) bond motifs is 1. The Hall–Kier alpha value is -2.52. The fourth-order valence-corrected chi connectivity index (χ4v) is 4.48. The number of carbonyl (C=O) groups excluding carboxylic acids is 2. The Kier molecular flexibility index (Phi) is 5.50. The molecule has 4 rings (SSSR count). The maximum atomic E-state index is 12.1. The van der Waals surface area contributed by atoms with Crippen LogP contribution in [0.2, 0.25) is 0 Å². The van der Waals surface area contributed by atoms with Crippen molar-refractivity contribution in [2.75, 3.05) is 25.1 Å². The second kappa shape index (κ2) is 7.96. The molecule has 8 nitrogen and oxygen atoms in total. The van der Waals surface area contributed by atoms with E-state index in [1.54, 1.807) is 20.8 Å². The lowest BCUT2D eigenvalue weighted by atomic mass is 9.93. The molecule has 1 aliphatic heterocycles. The first kappa shape index (κ1) is 20.7. The Morgan fingerprint density at radius 3 is 2.90 bits per heavy atom. The minimum atomic E-state index is -0.635. The summed E-state index contributed by atoms with van der Waals surface area (Å²) in [4.78, 5) is 33.1. The molecule has 2 aliphatic rings. The highest BCUT2D eigenvalue weighted by Gasteiger charge is 2.57. The van der Waals surface area contributed by atoms with E-state index in [1.807, 2.05) is 17.5 Å². The third-order valence-corrected chi connectivity index (χ3v) is 6.07. The minimum absolute atomic E-state index is 0.161. The van der Waals surface area contributed by atoms with Gasteiger partial charge in [-0.3, -0.25) is 9.78 Å². The number of hydrogen-bond acceptors (Lipinski definition) is 7. The van der Waals surface area contributed by atoms with Crippen LogP contribution in [0.1, 0.15) is 39.3 Å². The summed E-state index contributed by atoms with van der Waals surface area (Å²) in [6.07, 6.45) is 1.51. The smallest absolute Gasteiger partial charge is 0.408 e. The zero-order valence-electron chi connectivity index (χ0n) is 17.4. The number of amides is 2. The first-order valence-corrected chi connectivity index (χ1v) is 10.9. The Bertz CT molecular complexity index is 954. The average molecular weight is 431 g/mol. The molecule has 2 N–H and O–H groups in total. The second-order valence-corrected chi connectivity index (χ2v) is 9.59. The quantitative estimate of drug-likeness (QED) is 0.754. The summed E-state index contributed by atoms with van der Waals surface area (Å²) in [5, 5.41) is 7.46. The standard InChI is InChI=1S/C21H26N4O4S/c1-20(2,3)29-19(27)22-10-17(26)25-18-24-15(12-30-18)14-5-4-6-16(23-14)21-7-8-28-11-13(21)9-21/h4-6,12-13H,7-11H2,1-3H3,(H,22,27)(H,24,25,26). The van der Waals surface area contributed by atoms with Crippen LogP contribution in [0.5, 0.6) is 0 Å². The van der Waals surface area contributed by atoms with Crippen LogP contribution in [0.3, 0.4) is 0 Å². The number of anilines is 1. The van der Waals surface area contributed by atoms with Crippen LogP contribution in [0.25, 0.3) is 11.4 Å². The molecule has 3 heterocycles. The van der Waals surface area contributed by atoms with Gasteiger partial charge in [-0.1, -0.05) is 6.07 Å². The van der Waals surface area contributed by atoms with Gasteiger partial charge in [0, 0.05) is 23.1 Å². The van der Waals surface area contributed by atoms with Crippen LogP contribution in [0.15, 0.2) is 23.6 Å². The molecule has 2 amide bonds. The fourth-order valence-electron chi connectivity index (χ4n) is 3.76. The first-order chi connectivity index (χ1) is 14.2. The van der Waals surface area contributed by atoms with Crippen molar-refractivity contribution in [3.8, 4) is 11.4 Å². The fraction of sp³-hybridized carbons (Fsp3) is 0.524. The Morgan fingerprint density at radius 1 is 1.30 bits per heavy atom. The van der Waals surface area contributed by atoms with Crippen molar-refractivity contribution in [1.82, 2.24) is 15.3 Å². The van der Waals surface area contributed by atoms with E-state index in [1.165, 1.54) is 11.3 Å². The topological polar surface area (TPSA) is 102 Å². The van der Waals surface area contributed by atoms with E-state index in [4.69, 9.17) is 14.5 Å². The van der Waals surface area contributed by atoms with Gasteiger partial charge in [-0.2, -0.15) is 0 Å². The van der Waals surface area contributed by atoms with Gasteiger partial charge in [0.1, 0.15) is 17.8 Å². The molecule has 1 saturated carbocycles. The number of alkyl carbamates (subject to hydrolysis) is 1. The Balaban J connectivity index is 1.36. The molecule has 160 valence electrons. The molecule has 1 aliphatic carbocycles. The summed E-state index contributed by atoms with van der Waals surface area (Å²) in [6.45, 7) is 6.69. The summed E-state index contributed by atoms with van der Waals surface area (Å²) in [7, 11) is 0. The van der Waals surface area contributed by atoms with Gasteiger partial charge in [0.2, 0.25) is 5.91 Å². The van der Waals surface area contributed by atoms with Crippen molar-refractivity contribution in [3.05, 3.63) is 29.3 Å². The number of carbonyl (C=O) groups is 2. The minimum Gasteiger partial charge on any atom is -0.444 e. The largest absolute Gasteiger partial charge is 0.444 e. The highest BCUT2D eigenvalue weighted by Crippen LogP contribution is 2.58. The van der Waals surface area contributed by atoms with Gasteiger partial charge in [0.25, 0.3) is 0 Å². The third kappa shape index (κ3) is 4.62. The number of pyridine rings is 1. The van der Waals surface area contributed by atoms with E-state index in [2.05, 4.69) is 21.7 Å². The van der Waals surface area contributed by atoms with Gasteiger partial charge in [0.15, 0.2) is 5.13 Å². The molecule has 0 aromatic carbocycles. The first-order valence-electron chi connectivity index (χ1n) is 10.0. The van der Waals surface area contributed by atoms with Crippen LogP contribution in [-0.2, 0) is 19.7 Å². The molecular weight excluding hydrogens is 404 g/mol. The molecule has 0 bridgehead atoms. The van der Waals surface area contributed by atoms with Crippen LogP contribution < -0.4 is 10.6 Å². The lowest BCUT2D eigenvalue weighted by Crippen LogP contribution is -2.37. The van der Waals surface area contributed by atoms with Gasteiger partial charge >= 0.3 is 6.09 Å². The molecule has 1 saturated heterocycles. The van der Waals surface area contributed by atoms with Crippen molar-refractivity contribution in [2.45, 2.75) is 44.6 Å². The molecule has 9 heteroatoms. The molecule has 2 atom stereocenters. The zero-order valence-corrected chi connectivity index (χ0v) is 18.2. The van der Waals surface area contributed by atoms with E-state index in [0.29, 0.717) is 11.0 Å². The van der Waals surface area contributed by atoms with Crippen LogP contribution in [0, 0.1) is 5.92 Å². The lowest BCUT2D eigenvalue weighted by Gasteiger charge is -2.22. The van der Waals surface area contributed by atoms with Gasteiger partial charge < -0.3 is 20.1 Å². The third-order valence-electron chi connectivity index (χ3n) is 5.31. The van der Waals surface area contributed by atoms with Crippen LogP contribution in [0.4, 0.5) is 9.93 Å².